The van der Waals surface area contributed by atoms with Crippen molar-refractivity contribution in [3.8, 4) is 0 Å². The molecule has 0 aromatic carbocycles. The van der Waals surface area contributed by atoms with Gasteiger partial charge in [0, 0.05) is 19.7 Å². The molecule has 0 aliphatic carbocycles. The lowest BCUT2D eigenvalue weighted by Gasteiger charge is -2.25. The second kappa shape index (κ2) is 3.88. The molecule has 0 aromatic heterocycles. The lowest BCUT2D eigenvalue weighted by molar-refractivity contribution is -0.0546. The number of hydrogen-bond acceptors (Lipinski definition) is 2. The predicted octanol–water partition coefficient (Wildman–Crippen LogP) is 1.37. The highest BCUT2D eigenvalue weighted by Gasteiger charge is 2.18. The number of halogens is 1. The average Bonchev–Trinajstić information content (AvgIpc) is 1.95. The third-order valence-corrected chi connectivity index (χ3v) is 1.79. The van der Waals surface area contributed by atoms with Crippen molar-refractivity contribution in [1.29, 1.82) is 0 Å². The Labute approximate surface area is 60.9 Å². The highest BCUT2D eigenvalue weighted by molar-refractivity contribution is 4.66. The van der Waals surface area contributed by atoms with Crippen LogP contribution in [-0.4, -0.2) is 30.9 Å². The van der Waals surface area contributed by atoms with Crippen molar-refractivity contribution in [2.75, 3.05) is 19.7 Å². The van der Waals surface area contributed by atoms with E-state index < -0.39 is 0 Å². The maximum Gasteiger partial charge on any atom is 0.0601 e. The summed E-state index contributed by atoms with van der Waals surface area (Å²) in [6.07, 6.45) is 1.98. The minimum absolute atomic E-state index is 0.303. The number of piperidine rings is 1. The van der Waals surface area contributed by atoms with Gasteiger partial charge in [-0.15, -0.1) is 9.60 Å². The summed E-state index contributed by atoms with van der Waals surface area (Å²) < 4.78 is 17.7. The minimum Gasteiger partial charge on any atom is -0.378 e. The van der Waals surface area contributed by atoms with Crippen molar-refractivity contribution in [2.24, 2.45) is 0 Å². The fourth-order valence-electron chi connectivity index (χ4n) is 1.23. The van der Waals surface area contributed by atoms with Gasteiger partial charge in [-0.1, -0.05) is 0 Å². The van der Waals surface area contributed by atoms with Gasteiger partial charge in [-0.25, -0.2) is 0 Å². The van der Waals surface area contributed by atoms with Crippen LogP contribution in [0.25, 0.3) is 0 Å². The zero-order valence-electron chi connectivity index (χ0n) is 6.35. The van der Waals surface area contributed by atoms with E-state index in [-0.39, 0.29) is 0 Å². The van der Waals surface area contributed by atoms with Gasteiger partial charge >= 0.3 is 0 Å². The van der Waals surface area contributed by atoms with Crippen LogP contribution in [0.4, 0.5) is 4.48 Å². The van der Waals surface area contributed by atoms with Crippen molar-refractivity contribution in [3.05, 3.63) is 0 Å². The summed E-state index contributed by atoms with van der Waals surface area (Å²) in [5.41, 5.74) is 0. The molecular weight excluding hydrogens is 133 g/mol. The zero-order valence-corrected chi connectivity index (χ0v) is 6.35. The summed E-state index contributed by atoms with van der Waals surface area (Å²) in [6.45, 7) is 3.79. The van der Waals surface area contributed by atoms with Gasteiger partial charge < -0.3 is 4.74 Å². The van der Waals surface area contributed by atoms with Crippen LogP contribution in [0, 0.1) is 0 Å². The molecule has 1 aliphatic heterocycles. The van der Waals surface area contributed by atoms with Crippen LogP contribution in [-0.2, 0) is 4.74 Å². The number of ether oxygens (including phenoxy) is 1. The molecule has 0 atom stereocenters. The maximum absolute atomic E-state index is 12.4. The van der Waals surface area contributed by atoms with Crippen molar-refractivity contribution in [2.45, 2.75) is 25.9 Å². The maximum atomic E-state index is 12.4. The first kappa shape index (κ1) is 7.95. The van der Waals surface area contributed by atoms with Gasteiger partial charge in [0.05, 0.1) is 6.10 Å². The molecule has 0 bridgehead atoms. The van der Waals surface area contributed by atoms with Gasteiger partial charge in [0.1, 0.15) is 0 Å². The molecule has 0 saturated carbocycles. The SMILES string of the molecule is CCOC1CCN(F)CC1. The van der Waals surface area contributed by atoms with E-state index >= 15 is 0 Å². The van der Waals surface area contributed by atoms with E-state index in [0.29, 0.717) is 19.2 Å². The first-order chi connectivity index (χ1) is 4.83. The van der Waals surface area contributed by atoms with Crippen LogP contribution in [0.1, 0.15) is 19.8 Å². The van der Waals surface area contributed by atoms with E-state index in [4.69, 9.17) is 4.74 Å². The Morgan fingerprint density at radius 3 is 2.60 bits per heavy atom. The molecule has 0 N–H and O–H groups in total. The molecular formula is C7H14FNO. The smallest absolute Gasteiger partial charge is 0.0601 e. The van der Waals surface area contributed by atoms with E-state index in [1.165, 1.54) is 0 Å². The molecule has 1 rings (SSSR count). The van der Waals surface area contributed by atoms with Gasteiger partial charge in [0.2, 0.25) is 0 Å². The third kappa shape index (κ3) is 2.23. The van der Waals surface area contributed by atoms with Gasteiger partial charge in [-0.2, -0.15) is 0 Å². The first-order valence-electron chi connectivity index (χ1n) is 3.85. The summed E-state index contributed by atoms with van der Waals surface area (Å²) >= 11 is 0. The van der Waals surface area contributed by atoms with Crippen LogP contribution in [0.5, 0.6) is 0 Å². The molecule has 10 heavy (non-hydrogen) atoms. The predicted molar refractivity (Wildman–Crippen MR) is 37.3 cm³/mol. The Hall–Kier alpha value is -0.150. The Morgan fingerprint density at radius 1 is 1.50 bits per heavy atom. The van der Waals surface area contributed by atoms with Crippen LogP contribution in [0.15, 0.2) is 0 Å². The first-order valence-corrected chi connectivity index (χ1v) is 3.85. The molecule has 1 aliphatic rings. The molecule has 1 saturated heterocycles. The summed E-state index contributed by atoms with van der Waals surface area (Å²) in [5, 5.41) is 0.857. The number of nitrogens with zero attached hydrogens (tertiary/aromatic N) is 1. The largest absolute Gasteiger partial charge is 0.378 e. The molecule has 3 heteroatoms. The molecule has 0 spiro atoms. The molecule has 1 fully saturated rings. The summed E-state index contributed by atoms with van der Waals surface area (Å²) in [6, 6.07) is 0. The lowest BCUT2D eigenvalue weighted by Crippen LogP contribution is -2.31. The highest BCUT2D eigenvalue weighted by atomic mass is 19.2. The highest BCUT2D eigenvalue weighted by Crippen LogP contribution is 2.12. The van der Waals surface area contributed by atoms with E-state index in [9.17, 15) is 4.48 Å². The Morgan fingerprint density at radius 2 is 2.10 bits per heavy atom. The fraction of sp³-hybridized carbons (Fsp3) is 1.00. The molecule has 0 radical (unpaired) electrons. The van der Waals surface area contributed by atoms with Crippen LogP contribution in [0.2, 0.25) is 0 Å². The normalized spacial score (nSPS) is 23.4. The second-order valence-corrected chi connectivity index (χ2v) is 2.56. The van der Waals surface area contributed by atoms with Crippen molar-refractivity contribution in [3.63, 3.8) is 0 Å². The number of hydrogen-bond donors (Lipinski definition) is 0. The lowest BCUT2D eigenvalue weighted by atomic mass is 10.1. The average molecular weight is 147 g/mol. The topological polar surface area (TPSA) is 12.5 Å². The van der Waals surface area contributed by atoms with Gasteiger partial charge in [-0.3, -0.25) is 0 Å². The Kier molecular flexibility index (Phi) is 3.09. The van der Waals surface area contributed by atoms with Crippen molar-refractivity contribution < 1.29 is 9.22 Å². The monoisotopic (exact) mass is 147 g/mol. The molecule has 0 amide bonds. The summed E-state index contributed by atoms with van der Waals surface area (Å²) in [7, 11) is 0. The minimum atomic E-state index is 0.303. The van der Waals surface area contributed by atoms with Crippen LogP contribution >= 0.6 is 0 Å². The van der Waals surface area contributed by atoms with E-state index in [0.717, 1.165) is 24.6 Å². The van der Waals surface area contributed by atoms with E-state index in [1.807, 2.05) is 6.92 Å². The molecule has 0 aromatic rings. The van der Waals surface area contributed by atoms with Gasteiger partial charge in [-0.05, 0) is 19.8 Å². The fourth-order valence-corrected chi connectivity index (χ4v) is 1.23. The summed E-state index contributed by atoms with van der Waals surface area (Å²) in [5.74, 6) is 0. The third-order valence-electron chi connectivity index (χ3n) is 1.79. The second-order valence-electron chi connectivity index (χ2n) is 2.56. The van der Waals surface area contributed by atoms with Crippen LogP contribution in [0.3, 0.4) is 0 Å². The van der Waals surface area contributed by atoms with Crippen molar-refractivity contribution >= 4 is 0 Å². The standard InChI is InChI=1S/C7H14FNO/c1-2-10-7-3-5-9(8)6-4-7/h7H,2-6H2,1H3. The molecule has 0 unspecified atom stereocenters. The zero-order chi connectivity index (χ0) is 7.40. The van der Waals surface area contributed by atoms with Gasteiger partial charge in [0.25, 0.3) is 0 Å². The van der Waals surface area contributed by atoms with Crippen LogP contribution < -0.4 is 0 Å². The Bertz CT molecular complexity index is 91.6. The molecule has 2 nitrogen and oxygen atoms in total. The van der Waals surface area contributed by atoms with Crippen molar-refractivity contribution in [1.82, 2.24) is 5.12 Å². The van der Waals surface area contributed by atoms with E-state index in [2.05, 4.69) is 0 Å². The quantitative estimate of drug-likeness (QED) is 0.547. The number of rotatable bonds is 2. The Balaban J connectivity index is 2.13. The molecule has 1 heterocycles. The molecule has 60 valence electrons. The van der Waals surface area contributed by atoms with Gasteiger partial charge in [0.15, 0.2) is 0 Å². The summed E-state index contributed by atoms with van der Waals surface area (Å²) in [4.78, 5) is 0. The van der Waals surface area contributed by atoms with E-state index in [1.54, 1.807) is 0 Å².